The average Bonchev–Trinajstić information content (AvgIpc) is 2.28. The highest BCUT2D eigenvalue weighted by molar-refractivity contribution is 5.87. The van der Waals surface area contributed by atoms with Crippen molar-refractivity contribution in [3.05, 3.63) is 47.5 Å². The average molecular weight is 199 g/mol. The monoisotopic (exact) mass is 199 g/mol. The molecule has 2 aromatic carbocycles. The summed E-state index contributed by atoms with van der Waals surface area (Å²) in [6.07, 6.45) is 0. The zero-order chi connectivity index (χ0) is 10.8. The fourth-order valence-electron chi connectivity index (χ4n) is 2.12. The second kappa shape index (κ2) is 4.03. The van der Waals surface area contributed by atoms with Crippen LogP contribution in [-0.4, -0.2) is 7.05 Å². The zero-order valence-corrected chi connectivity index (χ0v) is 9.54. The molecule has 1 nitrogen and oxygen atoms in total. The van der Waals surface area contributed by atoms with Crippen LogP contribution in [0.5, 0.6) is 0 Å². The molecule has 1 atom stereocenters. The molecule has 2 rings (SSSR count). The van der Waals surface area contributed by atoms with Crippen molar-refractivity contribution in [1.29, 1.82) is 0 Å². The highest BCUT2D eigenvalue weighted by Gasteiger charge is 2.09. The van der Waals surface area contributed by atoms with Crippen molar-refractivity contribution in [2.75, 3.05) is 7.05 Å². The van der Waals surface area contributed by atoms with Gasteiger partial charge in [0.2, 0.25) is 0 Å². The van der Waals surface area contributed by atoms with Gasteiger partial charge in [-0.1, -0.05) is 36.4 Å². The Morgan fingerprint density at radius 3 is 2.53 bits per heavy atom. The van der Waals surface area contributed by atoms with Crippen LogP contribution in [0, 0.1) is 6.92 Å². The zero-order valence-electron chi connectivity index (χ0n) is 9.54. The van der Waals surface area contributed by atoms with Gasteiger partial charge in [-0.2, -0.15) is 0 Å². The molecule has 1 heteroatoms. The summed E-state index contributed by atoms with van der Waals surface area (Å²) in [5.74, 6) is 0. The van der Waals surface area contributed by atoms with Gasteiger partial charge in [0.05, 0.1) is 0 Å². The van der Waals surface area contributed by atoms with Gasteiger partial charge < -0.3 is 5.32 Å². The van der Waals surface area contributed by atoms with Gasteiger partial charge in [-0.3, -0.25) is 0 Å². The molecule has 0 bridgehead atoms. The van der Waals surface area contributed by atoms with Crippen LogP contribution in [0.3, 0.4) is 0 Å². The maximum absolute atomic E-state index is 3.31. The van der Waals surface area contributed by atoms with E-state index >= 15 is 0 Å². The lowest BCUT2D eigenvalue weighted by Crippen LogP contribution is -2.13. The van der Waals surface area contributed by atoms with E-state index in [1.807, 2.05) is 7.05 Å². The maximum atomic E-state index is 3.31. The molecule has 0 aliphatic rings. The lowest BCUT2D eigenvalue weighted by Gasteiger charge is -2.16. The predicted octanol–water partition coefficient (Wildman–Crippen LogP) is 3.43. The second-order valence-electron chi connectivity index (χ2n) is 4.03. The fraction of sp³-hybridized carbons (Fsp3) is 0.286. The SMILES string of the molecule is CNC(C)c1c(C)ccc2ccccc12. The van der Waals surface area contributed by atoms with Crippen molar-refractivity contribution in [3.63, 3.8) is 0 Å². The third-order valence-corrected chi connectivity index (χ3v) is 3.05. The van der Waals surface area contributed by atoms with E-state index in [1.165, 1.54) is 21.9 Å². The Balaban J connectivity index is 2.74. The molecule has 0 aliphatic carbocycles. The summed E-state index contributed by atoms with van der Waals surface area (Å²) in [4.78, 5) is 0. The van der Waals surface area contributed by atoms with Gasteiger partial charge in [-0.05, 0) is 42.8 Å². The van der Waals surface area contributed by atoms with E-state index in [4.69, 9.17) is 0 Å². The van der Waals surface area contributed by atoms with Gasteiger partial charge in [0.25, 0.3) is 0 Å². The van der Waals surface area contributed by atoms with Gasteiger partial charge in [0.1, 0.15) is 0 Å². The van der Waals surface area contributed by atoms with E-state index in [1.54, 1.807) is 0 Å². The normalized spacial score (nSPS) is 13.0. The molecule has 78 valence electrons. The van der Waals surface area contributed by atoms with E-state index in [9.17, 15) is 0 Å². The number of rotatable bonds is 2. The van der Waals surface area contributed by atoms with Crippen LogP contribution in [-0.2, 0) is 0 Å². The van der Waals surface area contributed by atoms with Gasteiger partial charge in [-0.15, -0.1) is 0 Å². The van der Waals surface area contributed by atoms with Gasteiger partial charge in [0, 0.05) is 6.04 Å². The number of fused-ring (bicyclic) bond motifs is 1. The standard InChI is InChI=1S/C14H17N/c1-10-8-9-12-6-4-5-7-13(12)14(10)11(2)15-3/h4-9,11,15H,1-3H3. The molecule has 0 aromatic heterocycles. The van der Waals surface area contributed by atoms with Crippen LogP contribution in [0.2, 0.25) is 0 Å². The summed E-state index contributed by atoms with van der Waals surface area (Å²) < 4.78 is 0. The largest absolute Gasteiger partial charge is 0.313 e. The lowest BCUT2D eigenvalue weighted by atomic mass is 9.95. The third kappa shape index (κ3) is 1.75. The molecule has 1 N–H and O–H groups in total. The van der Waals surface area contributed by atoms with Crippen molar-refractivity contribution in [3.8, 4) is 0 Å². The summed E-state index contributed by atoms with van der Waals surface area (Å²) >= 11 is 0. The number of benzene rings is 2. The molecule has 0 amide bonds. The first-order chi connectivity index (χ1) is 7.24. The fourth-order valence-corrected chi connectivity index (χ4v) is 2.12. The molecule has 0 spiro atoms. The Morgan fingerprint density at radius 1 is 1.07 bits per heavy atom. The van der Waals surface area contributed by atoms with Crippen LogP contribution in [0.1, 0.15) is 24.1 Å². The van der Waals surface area contributed by atoms with Gasteiger partial charge >= 0.3 is 0 Å². The molecular formula is C14H17N. The second-order valence-corrected chi connectivity index (χ2v) is 4.03. The van der Waals surface area contributed by atoms with Crippen LogP contribution in [0.15, 0.2) is 36.4 Å². The van der Waals surface area contributed by atoms with Crippen molar-refractivity contribution in [2.24, 2.45) is 0 Å². The van der Waals surface area contributed by atoms with E-state index < -0.39 is 0 Å². The van der Waals surface area contributed by atoms with Crippen molar-refractivity contribution < 1.29 is 0 Å². The first-order valence-corrected chi connectivity index (χ1v) is 5.39. The molecule has 2 aromatic rings. The topological polar surface area (TPSA) is 12.0 Å². The van der Waals surface area contributed by atoms with Crippen LogP contribution >= 0.6 is 0 Å². The summed E-state index contributed by atoms with van der Waals surface area (Å²) in [5, 5.41) is 5.99. The molecule has 15 heavy (non-hydrogen) atoms. The Labute approximate surface area is 91.1 Å². The molecule has 0 saturated carbocycles. The summed E-state index contributed by atoms with van der Waals surface area (Å²) in [5.41, 5.74) is 2.77. The lowest BCUT2D eigenvalue weighted by molar-refractivity contribution is 0.653. The van der Waals surface area contributed by atoms with E-state index in [0.717, 1.165) is 0 Å². The Hall–Kier alpha value is -1.34. The predicted molar refractivity (Wildman–Crippen MR) is 66.2 cm³/mol. The van der Waals surface area contributed by atoms with Crippen molar-refractivity contribution >= 4 is 10.8 Å². The molecule has 0 heterocycles. The summed E-state index contributed by atoms with van der Waals surface area (Å²) in [7, 11) is 2.01. The third-order valence-electron chi connectivity index (χ3n) is 3.05. The molecule has 1 unspecified atom stereocenters. The van der Waals surface area contributed by atoms with Crippen LogP contribution in [0.25, 0.3) is 10.8 Å². The summed E-state index contributed by atoms with van der Waals surface area (Å²) in [6, 6.07) is 13.4. The van der Waals surface area contributed by atoms with Gasteiger partial charge in [-0.25, -0.2) is 0 Å². The smallest absolute Gasteiger partial charge is 0.0297 e. The van der Waals surface area contributed by atoms with E-state index in [-0.39, 0.29) is 0 Å². The maximum Gasteiger partial charge on any atom is 0.0297 e. The highest BCUT2D eigenvalue weighted by Crippen LogP contribution is 2.27. The number of hydrogen-bond acceptors (Lipinski definition) is 1. The van der Waals surface area contributed by atoms with Crippen molar-refractivity contribution in [1.82, 2.24) is 5.32 Å². The molecular weight excluding hydrogens is 182 g/mol. The number of aryl methyl sites for hydroxylation is 1. The molecule has 0 fully saturated rings. The minimum absolute atomic E-state index is 0.399. The number of hydrogen-bond donors (Lipinski definition) is 1. The molecule has 0 aliphatic heterocycles. The Morgan fingerprint density at radius 2 is 1.80 bits per heavy atom. The Bertz CT molecular complexity index is 474. The first-order valence-electron chi connectivity index (χ1n) is 5.39. The van der Waals surface area contributed by atoms with E-state index in [0.29, 0.717) is 6.04 Å². The van der Waals surface area contributed by atoms with E-state index in [2.05, 4.69) is 55.6 Å². The van der Waals surface area contributed by atoms with Crippen LogP contribution in [0.4, 0.5) is 0 Å². The van der Waals surface area contributed by atoms with Crippen molar-refractivity contribution in [2.45, 2.75) is 19.9 Å². The summed E-state index contributed by atoms with van der Waals surface area (Å²) in [6.45, 7) is 4.38. The van der Waals surface area contributed by atoms with Gasteiger partial charge in [0.15, 0.2) is 0 Å². The van der Waals surface area contributed by atoms with Crippen LogP contribution < -0.4 is 5.32 Å². The molecule has 0 saturated heterocycles. The Kier molecular flexibility index (Phi) is 2.74. The first kappa shape index (κ1) is 10.2. The number of nitrogens with one attached hydrogen (secondary N) is 1. The minimum atomic E-state index is 0.399. The quantitative estimate of drug-likeness (QED) is 0.781. The highest BCUT2D eigenvalue weighted by atomic mass is 14.9. The minimum Gasteiger partial charge on any atom is -0.313 e. The molecule has 0 radical (unpaired) electrons.